The predicted octanol–water partition coefficient (Wildman–Crippen LogP) is 1.19. The first-order valence-corrected chi connectivity index (χ1v) is 5.67. The summed E-state index contributed by atoms with van der Waals surface area (Å²) in [5.74, 6) is -0.513. The van der Waals surface area contributed by atoms with Crippen LogP contribution in [0.1, 0.15) is 16.1 Å². The van der Waals surface area contributed by atoms with Gasteiger partial charge in [0.25, 0.3) is 11.5 Å². The van der Waals surface area contributed by atoms with Crippen LogP contribution in [0.3, 0.4) is 0 Å². The Hall–Kier alpha value is -2.47. The maximum atomic E-state index is 11.6. The SMILES string of the molecule is O=C(N/N=C/c1ccc(Cl)cc1)c1ccc(=O)[nH]n1. The standard InChI is InChI=1S/C12H9ClN4O2/c13-9-3-1-8(2-4-9)7-14-17-12(19)10-5-6-11(18)16-15-10/h1-7H,(H,16,18)(H,17,19)/b14-7+. The van der Waals surface area contributed by atoms with Crippen molar-refractivity contribution in [2.45, 2.75) is 0 Å². The molecule has 1 aromatic heterocycles. The van der Waals surface area contributed by atoms with Crippen LogP contribution in [0.15, 0.2) is 46.3 Å². The van der Waals surface area contributed by atoms with Crippen molar-refractivity contribution in [1.82, 2.24) is 15.6 Å². The van der Waals surface area contributed by atoms with Gasteiger partial charge in [0.05, 0.1) is 6.21 Å². The summed E-state index contributed by atoms with van der Waals surface area (Å²) in [7, 11) is 0. The zero-order valence-corrected chi connectivity index (χ0v) is 10.4. The number of hydrogen-bond acceptors (Lipinski definition) is 4. The maximum absolute atomic E-state index is 11.6. The Kier molecular flexibility index (Phi) is 4.04. The normalized spacial score (nSPS) is 10.6. The lowest BCUT2D eigenvalue weighted by molar-refractivity contribution is 0.0949. The second-order valence-corrected chi connectivity index (χ2v) is 3.99. The van der Waals surface area contributed by atoms with Crippen LogP contribution in [0.2, 0.25) is 5.02 Å². The van der Waals surface area contributed by atoms with Crippen molar-refractivity contribution in [2.24, 2.45) is 5.10 Å². The first-order valence-electron chi connectivity index (χ1n) is 5.30. The number of aromatic amines is 1. The summed E-state index contributed by atoms with van der Waals surface area (Å²) < 4.78 is 0. The average molecular weight is 277 g/mol. The highest BCUT2D eigenvalue weighted by molar-refractivity contribution is 6.30. The van der Waals surface area contributed by atoms with Gasteiger partial charge in [0.2, 0.25) is 0 Å². The minimum atomic E-state index is -0.513. The monoisotopic (exact) mass is 276 g/mol. The second-order valence-electron chi connectivity index (χ2n) is 3.56. The van der Waals surface area contributed by atoms with Crippen LogP contribution >= 0.6 is 11.6 Å². The number of halogens is 1. The second kappa shape index (κ2) is 5.92. The smallest absolute Gasteiger partial charge is 0.268 e. The van der Waals surface area contributed by atoms with E-state index < -0.39 is 5.91 Å². The third-order valence-corrected chi connectivity index (χ3v) is 2.41. The molecule has 6 nitrogen and oxygen atoms in total. The van der Waals surface area contributed by atoms with Gasteiger partial charge in [-0.25, -0.2) is 10.5 Å². The van der Waals surface area contributed by atoms with E-state index in [0.29, 0.717) is 5.02 Å². The number of carbonyl (C=O) groups is 1. The van der Waals surface area contributed by atoms with Crippen LogP contribution in [0, 0.1) is 0 Å². The third-order valence-electron chi connectivity index (χ3n) is 2.16. The molecule has 0 fully saturated rings. The molecule has 0 aliphatic carbocycles. The van der Waals surface area contributed by atoms with E-state index in [0.717, 1.165) is 5.56 Å². The van der Waals surface area contributed by atoms with Crippen molar-refractivity contribution in [3.8, 4) is 0 Å². The van der Waals surface area contributed by atoms with E-state index >= 15 is 0 Å². The van der Waals surface area contributed by atoms with Crippen molar-refractivity contribution < 1.29 is 4.79 Å². The summed E-state index contributed by atoms with van der Waals surface area (Å²) in [6.45, 7) is 0. The number of nitrogens with zero attached hydrogens (tertiary/aromatic N) is 2. The van der Waals surface area contributed by atoms with E-state index in [4.69, 9.17) is 11.6 Å². The molecule has 96 valence electrons. The van der Waals surface area contributed by atoms with Crippen LogP contribution < -0.4 is 11.0 Å². The summed E-state index contributed by atoms with van der Waals surface area (Å²) in [5, 5.41) is 10.1. The number of benzene rings is 1. The summed E-state index contributed by atoms with van der Waals surface area (Å²) in [4.78, 5) is 22.4. The van der Waals surface area contributed by atoms with E-state index in [9.17, 15) is 9.59 Å². The fourth-order valence-corrected chi connectivity index (χ4v) is 1.37. The number of aromatic nitrogens is 2. The highest BCUT2D eigenvalue weighted by Gasteiger charge is 2.04. The predicted molar refractivity (Wildman–Crippen MR) is 71.4 cm³/mol. The van der Waals surface area contributed by atoms with Crippen molar-refractivity contribution in [2.75, 3.05) is 0 Å². The van der Waals surface area contributed by atoms with Gasteiger partial charge in [-0.15, -0.1) is 0 Å². The highest BCUT2D eigenvalue weighted by atomic mass is 35.5. The fraction of sp³-hybridized carbons (Fsp3) is 0. The number of nitrogens with one attached hydrogen (secondary N) is 2. The molecule has 0 unspecified atom stereocenters. The molecule has 2 rings (SSSR count). The summed E-state index contributed by atoms with van der Waals surface area (Å²) in [6.07, 6.45) is 1.47. The molecule has 1 aromatic carbocycles. The van der Waals surface area contributed by atoms with E-state index in [1.165, 1.54) is 18.3 Å². The molecule has 2 N–H and O–H groups in total. The van der Waals surface area contributed by atoms with Gasteiger partial charge in [-0.05, 0) is 23.8 Å². The molecule has 0 atom stereocenters. The Bertz CT molecular complexity index is 644. The van der Waals surface area contributed by atoms with Crippen molar-refractivity contribution in [3.05, 3.63) is 63.0 Å². The molecule has 19 heavy (non-hydrogen) atoms. The molecule has 0 bridgehead atoms. The highest BCUT2D eigenvalue weighted by Crippen LogP contribution is 2.07. The van der Waals surface area contributed by atoms with Gasteiger partial charge < -0.3 is 0 Å². The zero-order chi connectivity index (χ0) is 13.7. The number of hydrazone groups is 1. The molecule has 0 radical (unpaired) electrons. The molecular formula is C12H9ClN4O2. The molecular weight excluding hydrogens is 268 g/mol. The fourth-order valence-electron chi connectivity index (χ4n) is 1.24. The number of carbonyl (C=O) groups excluding carboxylic acids is 1. The zero-order valence-electron chi connectivity index (χ0n) is 9.63. The summed E-state index contributed by atoms with van der Waals surface area (Å²) in [5.41, 5.74) is 2.79. The molecule has 0 aliphatic heterocycles. The van der Waals surface area contributed by atoms with E-state index in [2.05, 4.69) is 20.7 Å². The van der Waals surface area contributed by atoms with Gasteiger partial charge in [-0.1, -0.05) is 23.7 Å². The molecule has 1 heterocycles. The Morgan fingerprint density at radius 3 is 2.63 bits per heavy atom. The van der Waals surface area contributed by atoms with Gasteiger partial charge >= 0.3 is 0 Å². The lowest BCUT2D eigenvalue weighted by atomic mass is 10.2. The largest absolute Gasteiger partial charge is 0.291 e. The Balaban J connectivity index is 1.98. The number of H-pyrrole nitrogens is 1. The van der Waals surface area contributed by atoms with Crippen LogP contribution in [-0.2, 0) is 0 Å². The van der Waals surface area contributed by atoms with E-state index in [-0.39, 0.29) is 11.3 Å². The van der Waals surface area contributed by atoms with Crippen LogP contribution in [0.5, 0.6) is 0 Å². The van der Waals surface area contributed by atoms with E-state index in [1.54, 1.807) is 24.3 Å². The first-order chi connectivity index (χ1) is 9.15. The van der Waals surface area contributed by atoms with Crippen molar-refractivity contribution >= 4 is 23.7 Å². The first kappa shape index (κ1) is 13.0. The number of hydrogen-bond donors (Lipinski definition) is 2. The Morgan fingerprint density at radius 2 is 2.00 bits per heavy atom. The van der Waals surface area contributed by atoms with Crippen LogP contribution in [0.4, 0.5) is 0 Å². The van der Waals surface area contributed by atoms with Gasteiger partial charge in [0.15, 0.2) is 5.69 Å². The Labute approximate surface area is 113 Å². The molecule has 7 heteroatoms. The van der Waals surface area contributed by atoms with Crippen molar-refractivity contribution in [1.29, 1.82) is 0 Å². The van der Waals surface area contributed by atoms with Crippen LogP contribution in [-0.4, -0.2) is 22.3 Å². The molecule has 2 aromatic rings. The van der Waals surface area contributed by atoms with Crippen molar-refractivity contribution in [3.63, 3.8) is 0 Å². The Morgan fingerprint density at radius 1 is 1.26 bits per heavy atom. The summed E-state index contributed by atoms with van der Waals surface area (Å²) >= 11 is 5.74. The summed E-state index contributed by atoms with van der Waals surface area (Å²) in [6, 6.07) is 9.48. The average Bonchev–Trinajstić information content (AvgIpc) is 2.41. The molecule has 0 saturated heterocycles. The van der Waals surface area contributed by atoms with E-state index in [1.807, 2.05) is 0 Å². The maximum Gasteiger partial charge on any atom is 0.291 e. The van der Waals surface area contributed by atoms with Gasteiger partial charge in [0.1, 0.15) is 0 Å². The minimum absolute atomic E-state index is 0.0767. The molecule has 1 amide bonds. The quantitative estimate of drug-likeness (QED) is 0.652. The lowest BCUT2D eigenvalue weighted by Crippen LogP contribution is -2.21. The topological polar surface area (TPSA) is 87.2 Å². The van der Waals surface area contributed by atoms with Gasteiger partial charge in [-0.3, -0.25) is 9.59 Å². The molecule has 0 spiro atoms. The third kappa shape index (κ3) is 3.75. The lowest BCUT2D eigenvalue weighted by Gasteiger charge is -1.97. The van der Waals surface area contributed by atoms with Gasteiger partial charge in [0, 0.05) is 11.1 Å². The number of amides is 1. The van der Waals surface area contributed by atoms with Crippen LogP contribution in [0.25, 0.3) is 0 Å². The number of rotatable bonds is 3. The molecule has 0 aliphatic rings. The molecule has 0 saturated carbocycles. The minimum Gasteiger partial charge on any atom is -0.268 e. The van der Waals surface area contributed by atoms with Gasteiger partial charge in [-0.2, -0.15) is 10.2 Å².